The minimum absolute atomic E-state index is 0.0324. The molecule has 2 aromatic rings. The van der Waals surface area contributed by atoms with Gasteiger partial charge in [0, 0.05) is 13.0 Å². The molecule has 7 heteroatoms. The molecule has 1 amide bonds. The zero-order chi connectivity index (χ0) is 17.5. The third-order valence-corrected chi connectivity index (χ3v) is 5.27. The fraction of sp³-hybridized carbons (Fsp3) is 0.500. The van der Waals surface area contributed by atoms with Gasteiger partial charge in [-0.3, -0.25) is 9.89 Å². The van der Waals surface area contributed by atoms with Crippen molar-refractivity contribution in [2.24, 2.45) is 5.92 Å². The van der Waals surface area contributed by atoms with E-state index in [0.717, 1.165) is 29.5 Å². The van der Waals surface area contributed by atoms with E-state index in [-0.39, 0.29) is 5.91 Å². The molecule has 1 fully saturated rings. The number of carbonyl (C=O) groups is 1. The number of thioether (sulfide) groups is 1. The van der Waals surface area contributed by atoms with Crippen molar-refractivity contribution in [3.05, 3.63) is 35.7 Å². The molecule has 0 spiro atoms. The number of amides is 1. The number of rotatable bonds is 8. The van der Waals surface area contributed by atoms with Gasteiger partial charge in [-0.1, -0.05) is 49.6 Å². The lowest BCUT2D eigenvalue weighted by Crippen LogP contribution is -2.24. The van der Waals surface area contributed by atoms with Gasteiger partial charge in [0.05, 0.1) is 12.9 Å². The van der Waals surface area contributed by atoms with E-state index in [9.17, 15) is 4.79 Å². The Hall–Kier alpha value is -2.02. The molecule has 0 radical (unpaired) electrons. The summed E-state index contributed by atoms with van der Waals surface area (Å²) in [4.78, 5) is 16.5. The number of carbonyl (C=O) groups excluding carboxylic acids is 1. The smallest absolute Gasteiger partial charge is 0.230 e. The molecule has 1 aliphatic rings. The van der Waals surface area contributed by atoms with Gasteiger partial charge in [-0.2, -0.15) is 0 Å². The second kappa shape index (κ2) is 8.89. The standard InChI is InChI=1S/C18H24N4O2S/c1-24-15-8-4-7-14(9-15)11-19-17(23)12-25-18-20-16(21-22-18)10-13-5-2-3-6-13/h4,7-9,13H,2-3,5-6,10-12H2,1H3,(H,19,23)(H,20,21,22). The molecule has 25 heavy (non-hydrogen) atoms. The van der Waals surface area contributed by atoms with Crippen molar-refractivity contribution in [2.75, 3.05) is 12.9 Å². The minimum Gasteiger partial charge on any atom is -0.497 e. The highest BCUT2D eigenvalue weighted by atomic mass is 32.2. The largest absolute Gasteiger partial charge is 0.497 e. The van der Waals surface area contributed by atoms with Crippen molar-refractivity contribution in [3.8, 4) is 5.75 Å². The topological polar surface area (TPSA) is 79.9 Å². The van der Waals surface area contributed by atoms with E-state index in [1.165, 1.54) is 37.4 Å². The summed E-state index contributed by atoms with van der Waals surface area (Å²) in [5.41, 5.74) is 1.01. The summed E-state index contributed by atoms with van der Waals surface area (Å²) >= 11 is 1.36. The molecule has 1 aromatic carbocycles. The van der Waals surface area contributed by atoms with E-state index < -0.39 is 0 Å². The third kappa shape index (κ3) is 5.49. The molecular formula is C18H24N4O2S. The molecule has 1 saturated carbocycles. The summed E-state index contributed by atoms with van der Waals surface area (Å²) in [6, 6.07) is 7.67. The molecular weight excluding hydrogens is 336 g/mol. The average molecular weight is 360 g/mol. The lowest BCUT2D eigenvalue weighted by Gasteiger charge is -2.06. The van der Waals surface area contributed by atoms with Crippen LogP contribution >= 0.6 is 11.8 Å². The predicted octanol–water partition coefficient (Wildman–Crippen LogP) is 2.95. The average Bonchev–Trinajstić information content (AvgIpc) is 3.31. The number of hydrogen-bond donors (Lipinski definition) is 2. The zero-order valence-electron chi connectivity index (χ0n) is 14.5. The van der Waals surface area contributed by atoms with Gasteiger partial charge in [-0.05, 0) is 23.6 Å². The first-order valence-corrected chi connectivity index (χ1v) is 9.65. The molecule has 0 saturated heterocycles. The van der Waals surface area contributed by atoms with E-state index >= 15 is 0 Å². The second-order valence-corrected chi connectivity index (χ2v) is 7.28. The number of nitrogens with one attached hydrogen (secondary N) is 2. The van der Waals surface area contributed by atoms with E-state index in [1.54, 1.807) is 7.11 Å². The highest BCUT2D eigenvalue weighted by Gasteiger charge is 2.17. The van der Waals surface area contributed by atoms with E-state index in [0.29, 0.717) is 17.5 Å². The monoisotopic (exact) mass is 360 g/mol. The van der Waals surface area contributed by atoms with Crippen LogP contribution in [0.25, 0.3) is 0 Å². The normalized spacial score (nSPS) is 14.6. The van der Waals surface area contributed by atoms with Gasteiger partial charge in [-0.25, -0.2) is 4.98 Å². The molecule has 0 bridgehead atoms. The van der Waals surface area contributed by atoms with Gasteiger partial charge in [0.25, 0.3) is 0 Å². The van der Waals surface area contributed by atoms with Crippen LogP contribution < -0.4 is 10.1 Å². The number of aromatic amines is 1. The number of benzene rings is 1. The predicted molar refractivity (Wildman–Crippen MR) is 97.6 cm³/mol. The number of nitrogens with zero attached hydrogens (tertiary/aromatic N) is 2. The van der Waals surface area contributed by atoms with Crippen molar-refractivity contribution in [3.63, 3.8) is 0 Å². The van der Waals surface area contributed by atoms with Crippen molar-refractivity contribution < 1.29 is 9.53 Å². The van der Waals surface area contributed by atoms with Crippen LogP contribution in [0.5, 0.6) is 5.75 Å². The van der Waals surface area contributed by atoms with Crippen molar-refractivity contribution in [2.45, 2.75) is 43.8 Å². The maximum atomic E-state index is 12.0. The van der Waals surface area contributed by atoms with E-state index in [2.05, 4.69) is 20.5 Å². The van der Waals surface area contributed by atoms with Crippen molar-refractivity contribution in [1.82, 2.24) is 20.5 Å². The molecule has 1 aromatic heterocycles. The Labute approximate surface area is 152 Å². The molecule has 2 N–H and O–H groups in total. The summed E-state index contributed by atoms with van der Waals surface area (Å²) in [5, 5.41) is 10.7. The maximum Gasteiger partial charge on any atom is 0.230 e. The summed E-state index contributed by atoms with van der Waals surface area (Å²) < 4.78 is 5.18. The lowest BCUT2D eigenvalue weighted by atomic mass is 10.0. The summed E-state index contributed by atoms with van der Waals surface area (Å²) in [7, 11) is 1.63. The van der Waals surface area contributed by atoms with Crippen LogP contribution in [0.15, 0.2) is 29.4 Å². The van der Waals surface area contributed by atoms with Crippen molar-refractivity contribution >= 4 is 17.7 Å². The minimum atomic E-state index is -0.0324. The quantitative estimate of drug-likeness (QED) is 0.708. The highest BCUT2D eigenvalue weighted by Crippen LogP contribution is 2.27. The first kappa shape index (κ1) is 17.8. The van der Waals surface area contributed by atoms with Gasteiger partial charge in [0.2, 0.25) is 11.1 Å². The van der Waals surface area contributed by atoms with E-state index in [1.807, 2.05) is 24.3 Å². The van der Waals surface area contributed by atoms with Crippen molar-refractivity contribution in [1.29, 1.82) is 0 Å². The lowest BCUT2D eigenvalue weighted by molar-refractivity contribution is -0.118. The Kier molecular flexibility index (Phi) is 6.33. The number of aromatic nitrogens is 3. The molecule has 0 unspecified atom stereocenters. The fourth-order valence-corrected chi connectivity index (χ4v) is 3.73. The molecule has 134 valence electrons. The Bertz CT molecular complexity index is 698. The summed E-state index contributed by atoms with van der Waals surface area (Å²) in [6.07, 6.45) is 6.20. The molecule has 6 nitrogen and oxygen atoms in total. The highest BCUT2D eigenvalue weighted by molar-refractivity contribution is 7.99. The van der Waals surface area contributed by atoms with Gasteiger partial charge in [0.1, 0.15) is 11.6 Å². The number of H-pyrrole nitrogens is 1. The summed E-state index contributed by atoms with van der Waals surface area (Å²) in [5.74, 6) is 2.74. The Morgan fingerprint density at radius 2 is 2.24 bits per heavy atom. The third-order valence-electron chi connectivity index (χ3n) is 4.42. The first-order valence-electron chi connectivity index (χ1n) is 8.66. The van der Waals surface area contributed by atoms with Crippen LogP contribution in [-0.4, -0.2) is 34.0 Å². The van der Waals surface area contributed by atoms with Crippen LogP contribution in [0.2, 0.25) is 0 Å². The van der Waals surface area contributed by atoms with Gasteiger partial charge in [0.15, 0.2) is 0 Å². The Morgan fingerprint density at radius 1 is 1.40 bits per heavy atom. The molecule has 1 heterocycles. The van der Waals surface area contributed by atoms with Gasteiger partial charge in [-0.15, -0.1) is 5.10 Å². The summed E-state index contributed by atoms with van der Waals surface area (Å²) in [6.45, 7) is 0.484. The number of ether oxygens (including phenoxy) is 1. The molecule has 0 aliphatic heterocycles. The van der Waals surface area contributed by atoms with Gasteiger partial charge < -0.3 is 10.1 Å². The number of hydrogen-bond acceptors (Lipinski definition) is 5. The second-order valence-electron chi connectivity index (χ2n) is 6.34. The Balaban J connectivity index is 1.40. The van der Waals surface area contributed by atoms with Crippen LogP contribution in [0.1, 0.15) is 37.1 Å². The maximum absolute atomic E-state index is 12.0. The molecule has 0 atom stereocenters. The molecule has 3 rings (SSSR count). The van der Waals surface area contributed by atoms with Crippen LogP contribution in [0.4, 0.5) is 0 Å². The first-order chi connectivity index (χ1) is 12.2. The molecule has 1 aliphatic carbocycles. The van der Waals surface area contributed by atoms with Crippen LogP contribution in [-0.2, 0) is 17.8 Å². The number of methoxy groups -OCH3 is 1. The fourth-order valence-electron chi connectivity index (χ4n) is 3.09. The van der Waals surface area contributed by atoms with Crippen LogP contribution in [0, 0.1) is 5.92 Å². The van der Waals surface area contributed by atoms with Gasteiger partial charge >= 0.3 is 0 Å². The zero-order valence-corrected chi connectivity index (χ0v) is 15.3. The van der Waals surface area contributed by atoms with E-state index in [4.69, 9.17) is 4.74 Å². The Morgan fingerprint density at radius 3 is 3.04 bits per heavy atom. The van der Waals surface area contributed by atoms with Crippen LogP contribution in [0.3, 0.4) is 0 Å². The SMILES string of the molecule is COc1cccc(CNC(=O)CSc2n[nH]c(CC3CCCC3)n2)c1.